The van der Waals surface area contributed by atoms with Gasteiger partial charge in [0.05, 0.1) is 0 Å². The lowest BCUT2D eigenvalue weighted by atomic mass is 10.1. The first kappa shape index (κ1) is 8.50. The minimum absolute atomic E-state index is 0.198. The number of rotatable bonds is 1. The number of carbonyl (C=O) groups is 1. The molecule has 0 radical (unpaired) electrons. The molecule has 1 aliphatic heterocycles. The molecule has 0 aromatic carbocycles. The lowest BCUT2D eigenvalue weighted by Crippen LogP contribution is -2.10. The molecule has 0 unspecified atom stereocenters. The zero-order valence-corrected chi connectivity index (χ0v) is 7.15. The summed E-state index contributed by atoms with van der Waals surface area (Å²) in [6.07, 6.45) is 0. The van der Waals surface area contributed by atoms with Crippen molar-refractivity contribution in [3.05, 3.63) is 46.2 Å². The van der Waals surface area contributed by atoms with E-state index in [2.05, 4.69) is 4.98 Å². The van der Waals surface area contributed by atoms with Crippen molar-refractivity contribution in [2.24, 2.45) is 0 Å². The Morgan fingerprint density at radius 3 is 2.64 bits per heavy atom. The standard InChI is InChI=1S/C10H7NO3/c12-9-8(10(13)14)6-4-2-1-3-5-7(6)11-9/h1-5H,(H,11,12)(H,13,14). The van der Waals surface area contributed by atoms with E-state index in [1.807, 2.05) is 0 Å². The Morgan fingerprint density at radius 1 is 1.21 bits per heavy atom. The number of nitrogens with one attached hydrogen (secondary N) is 1. The number of H-pyrrole nitrogens is 1. The monoisotopic (exact) mass is 189 g/mol. The molecule has 0 saturated carbocycles. The van der Waals surface area contributed by atoms with Crippen LogP contribution in [-0.4, -0.2) is 16.1 Å². The minimum Gasteiger partial charge on any atom is -0.477 e. The van der Waals surface area contributed by atoms with Crippen molar-refractivity contribution in [3.8, 4) is 11.3 Å². The number of hydrogen-bond acceptors (Lipinski definition) is 2. The smallest absolute Gasteiger partial charge is 0.342 e. The molecule has 0 aromatic rings. The molecular formula is C10H7NO3. The highest BCUT2D eigenvalue weighted by molar-refractivity contribution is 5.95. The van der Waals surface area contributed by atoms with E-state index in [0.717, 1.165) is 0 Å². The lowest BCUT2D eigenvalue weighted by molar-refractivity contribution is 0.0696. The van der Waals surface area contributed by atoms with Crippen molar-refractivity contribution in [3.63, 3.8) is 0 Å². The number of carboxylic acids is 1. The van der Waals surface area contributed by atoms with Gasteiger partial charge < -0.3 is 10.1 Å². The van der Waals surface area contributed by atoms with E-state index in [9.17, 15) is 9.59 Å². The molecule has 4 heteroatoms. The second-order valence-corrected chi connectivity index (χ2v) is 2.87. The molecule has 1 aliphatic carbocycles. The highest BCUT2D eigenvalue weighted by Gasteiger charge is 2.18. The Bertz CT molecular complexity index is 515. The Kier molecular flexibility index (Phi) is 1.81. The molecule has 0 atom stereocenters. The predicted octanol–water partition coefficient (Wildman–Crippen LogP) is 1.18. The summed E-state index contributed by atoms with van der Waals surface area (Å²) >= 11 is 0. The molecule has 70 valence electrons. The fourth-order valence-electron chi connectivity index (χ4n) is 1.39. The Labute approximate surface area is 79.2 Å². The normalized spacial score (nSPS) is 10.3. The van der Waals surface area contributed by atoms with Crippen LogP contribution in [0.3, 0.4) is 0 Å². The van der Waals surface area contributed by atoms with Gasteiger partial charge in [0, 0.05) is 11.3 Å². The van der Waals surface area contributed by atoms with Crippen molar-refractivity contribution in [1.82, 2.24) is 4.98 Å². The van der Waals surface area contributed by atoms with Crippen LogP contribution in [0, 0.1) is 0 Å². The fraction of sp³-hybridized carbons (Fsp3) is 0. The van der Waals surface area contributed by atoms with E-state index in [1.54, 1.807) is 30.3 Å². The van der Waals surface area contributed by atoms with Crippen LogP contribution in [0.15, 0.2) is 35.1 Å². The van der Waals surface area contributed by atoms with Crippen molar-refractivity contribution >= 4 is 5.97 Å². The SMILES string of the molecule is O=C(O)c1c2cccccc-2[nH]c1=O. The molecule has 0 spiro atoms. The van der Waals surface area contributed by atoms with Gasteiger partial charge in [-0.2, -0.15) is 0 Å². The number of aromatic nitrogens is 1. The summed E-state index contributed by atoms with van der Waals surface area (Å²) in [7, 11) is 0. The van der Waals surface area contributed by atoms with Gasteiger partial charge in [0.15, 0.2) is 0 Å². The Morgan fingerprint density at radius 2 is 1.93 bits per heavy atom. The molecule has 1 heterocycles. The summed E-state index contributed by atoms with van der Waals surface area (Å²) in [6, 6.07) is 8.48. The van der Waals surface area contributed by atoms with Gasteiger partial charge in [-0.3, -0.25) is 4.79 Å². The van der Waals surface area contributed by atoms with Crippen LogP contribution in [0.5, 0.6) is 0 Å². The largest absolute Gasteiger partial charge is 0.477 e. The molecule has 0 aromatic heterocycles. The van der Waals surface area contributed by atoms with Crippen LogP contribution in [0.1, 0.15) is 10.4 Å². The van der Waals surface area contributed by atoms with E-state index in [4.69, 9.17) is 5.11 Å². The lowest BCUT2D eigenvalue weighted by Gasteiger charge is -1.91. The highest BCUT2D eigenvalue weighted by Crippen LogP contribution is 2.19. The number of hydrogen-bond donors (Lipinski definition) is 2. The summed E-state index contributed by atoms with van der Waals surface area (Å²) in [6.45, 7) is 0. The molecule has 14 heavy (non-hydrogen) atoms. The summed E-state index contributed by atoms with van der Waals surface area (Å²) in [5.74, 6) is -1.20. The average Bonchev–Trinajstić information content (AvgIpc) is 2.31. The molecule has 4 nitrogen and oxygen atoms in total. The minimum atomic E-state index is -1.20. The Balaban J connectivity index is 2.84. The molecule has 2 N–H and O–H groups in total. The van der Waals surface area contributed by atoms with Crippen molar-refractivity contribution in [2.45, 2.75) is 0 Å². The second kappa shape index (κ2) is 2.99. The van der Waals surface area contributed by atoms with Gasteiger partial charge in [-0.05, 0) is 6.07 Å². The maximum absolute atomic E-state index is 11.2. The molecular weight excluding hydrogens is 182 g/mol. The first-order valence-electron chi connectivity index (χ1n) is 4.04. The zero-order chi connectivity index (χ0) is 10.1. The molecule has 2 rings (SSSR count). The van der Waals surface area contributed by atoms with Crippen LogP contribution >= 0.6 is 0 Å². The van der Waals surface area contributed by atoms with Crippen LogP contribution in [-0.2, 0) is 0 Å². The van der Waals surface area contributed by atoms with Gasteiger partial charge in [-0.1, -0.05) is 24.3 Å². The molecule has 0 bridgehead atoms. The van der Waals surface area contributed by atoms with Crippen molar-refractivity contribution in [2.75, 3.05) is 0 Å². The van der Waals surface area contributed by atoms with E-state index >= 15 is 0 Å². The van der Waals surface area contributed by atoms with Crippen molar-refractivity contribution in [1.29, 1.82) is 0 Å². The average molecular weight is 189 g/mol. The van der Waals surface area contributed by atoms with Gasteiger partial charge in [-0.25, -0.2) is 4.79 Å². The van der Waals surface area contributed by atoms with E-state index in [-0.39, 0.29) is 5.56 Å². The third-order valence-corrected chi connectivity index (χ3v) is 2.00. The van der Waals surface area contributed by atoms with Gasteiger partial charge >= 0.3 is 5.97 Å². The maximum Gasteiger partial charge on any atom is 0.342 e. The zero-order valence-electron chi connectivity index (χ0n) is 7.15. The van der Waals surface area contributed by atoms with Gasteiger partial charge in [0.25, 0.3) is 5.56 Å². The molecule has 2 aliphatic rings. The van der Waals surface area contributed by atoms with E-state index in [0.29, 0.717) is 11.3 Å². The summed E-state index contributed by atoms with van der Waals surface area (Å²) < 4.78 is 0. The third kappa shape index (κ3) is 1.17. The third-order valence-electron chi connectivity index (χ3n) is 2.00. The molecule has 0 fully saturated rings. The van der Waals surface area contributed by atoms with Crippen molar-refractivity contribution < 1.29 is 9.90 Å². The summed E-state index contributed by atoms with van der Waals surface area (Å²) in [5.41, 5.74) is 0.222. The topological polar surface area (TPSA) is 70.2 Å². The summed E-state index contributed by atoms with van der Waals surface area (Å²) in [4.78, 5) is 24.5. The molecule has 0 saturated heterocycles. The number of carboxylic acid groups (broad SMARTS) is 1. The van der Waals surface area contributed by atoms with Gasteiger partial charge in [0.1, 0.15) is 5.56 Å². The van der Waals surface area contributed by atoms with Gasteiger partial charge in [0.2, 0.25) is 0 Å². The Hall–Kier alpha value is -2.10. The van der Waals surface area contributed by atoms with Gasteiger partial charge in [-0.15, -0.1) is 0 Å². The van der Waals surface area contributed by atoms with E-state index < -0.39 is 11.5 Å². The fourth-order valence-corrected chi connectivity index (χ4v) is 1.39. The number of fused-ring (bicyclic) bond motifs is 1. The van der Waals surface area contributed by atoms with Crippen LogP contribution in [0.2, 0.25) is 0 Å². The first-order valence-corrected chi connectivity index (χ1v) is 4.04. The number of aromatic carboxylic acids is 1. The predicted molar refractivity (Wildman–Crippen MR) is 50.6 cm³/mol. The number of aromatic amines is 1. The van der Waals surface area contributed by atoms with Crippen LogP contribution < -0.4 is 5.56 Å². The van der Waals surface area contributed by atoms with Crippen LogP contribution in [0.25, 0.3) is 11.3 Å². The highest BCUT2D eigenvalue weighted by atomic mass is 16.4. The summed E-state index contributed by atoms with van der Waals surface area (Å²) in [5, 5.41) is 8.81. The second-order valence-electron chi connectivity index (χ2n) is 2.87. The van der Waals surface area contributed by atoms with Crippen LogP contribution in [0.4, 0.5) is 0 Å². The maximum atomic E-state index is 11.2. The first-order chi connectivity index (χ1) is 6.70. The quantitative estimate of drug-likeness (QED) is 0.707. The van der Waals surface area contributed by atoms with E-state index in [1.165, 1.54) is 0 Å². The molecule has 0 amide bonds.